The molecule has 1 aromatic rings. The molecule has 6 nitrogen and oxygen atoms in total. The van der Waals surface area contributed by atoms with Crippen molar-refractivity contribution < 1.29 is 19.0 Å². The number of rotatable bonds is 3. The van der Waals surface area contributed by atoms with Crippen LogP contribution in [0.3, 0.4) is 0 Å². The molecule has 0 aromatic carbocycles. The van der Waals surface area contributed by atoms with Crippen LogP contribution in [0.2, 0.25) is 0 Å². The van der Waals surface area contributed by atoms with E-state index in [9.17, 15) is 4.79 Å². The van der Waals surface area contributed by atoms with Crippen molar-refractivity contribution in [3.8, 4) is 0 Å². The Morgan fingerprint density at radius 2 is 2.10 bits per heavy atom. The van der Waals surface area contributed by atoms with Gasteiger partial charge in [-0.1, -0.05) is 0 Å². The molecule has 1 aromatic heterocycles. The predicted octanol–water partition coefficient (Wildman–Crippen LogP) is 2.00. The van der Waals surface area contributed by atoms with E-state index in [-0.39, 0.29) is 11.8 Å². The average Bonchev–Trinajstić information content (AvgIpc) is 3.08. The molecule has 0 N–H and O–H groups in total. The first kappa shape index (κ1) is 14.5. The van der Waals surface area contributed by atoms with E-state index in [2.05, 4.69) is 5.10 Å². The van der Waals surface area contributed by atoms with Crippen LogP contribution in [0.25, 0.3) is 0 Å². The Hall–Kier alpha value is -1.40. The molecule has 6 heteroatoms. The van der Waals surface area contributed by atoms with Gasteiger partial charge in [0.2, 0.25) is 0 Å². The Morgan fingerprint density at radius 1 is 1.43 bits per heavy atom. The van der Waals surface area contributed by atoms with E-state index in [1.165, 1.54) is 0 Å². The molecule has 0 unspecified atom stereocenters. The molecule has 0 amide bonds. The van der Waals surface area contributed by atoms with Crippen molar-refractivity contribution in [3.63, 3.8) is 0 Å². The summed E-state index contributed by atoms with van der Waals surface area (Å²) in [4.78, 5) is 11.8. The fraction of sp³-hybridized carbons (Fsp3) is 0.733. The van der Waals surface area contributed by atoms with Gasteiger partial charge in [-0.25, -0.2) is 4.79 Å². The lowest BCUT2D eigenvalue weighted by atomic mass is 9.83. The molecule has 1 spiro atoms. The van der Waals surface area contributed by atoms with Gasteiger partial charge in [0, 0.05) is 31.5 Å². The van der Waals surface area contributed by atoms with Crippen LogP contribution in [0.5, 0.6) is 0 Å². The Balaban J connectivity index is 1.69. The summed E-state index contributed by atoms with van der Waals surface area (Å²) in [6.07, 6.45) is 3.78. The Morgan fingerprint density at radius 3 is 2.71 bits per heavy atom. The molecule has 2 fully saturated rings. The first-order chi connectivity index (χ1) is 10.1. The maximum Gasteiger partial charge on any atom is 0.358 e. The van der Waals surface area contributed by atoms with Crippen molar-refractivity contribution in [2.45, 2.75) is 44.3 Å². The monoisotopic (exact) mass is 294 g/mol. The zero-order valence-corrected chi connectivity index (χ0v) is 12.6. The quantitative estimate of drug-likeness (QED) is 0.798. The van der Waals surface area contributed by atoms with Crippen LogP contribution in [-0.4, -0.2) is 41.4 Å². The number of carbonyl (C=O) groups excluding carboxylic acids is 1. The second-order valence-electron chi connectivity index (χ2n) is 5.68. The number of nitrogens with zero attached hydrogens (tertiary/aromatic N) is 2. The van der Waals surface area contributed by atoms with E-state index in [4.69, 9.17) is 14.2 Å². The van der Waals surface area contributed by atoms with E-state index in [0.717, 1.165) is 31.4 Å². The molecule has 116 valence electrons. The lowest BCUT2D eigenvalue weighted by Gasteiger charge is -2.35. The zero-order valence-electron chi connectivity index (χ0n) is 12.6. The molecule has 2 aliphatic rings. The minimum atomic E-state index is -0.353. The minimum Gasteiger partial charge on any atom is -0.461 e. The molecule has 21 heavy (non-hydrogen) atoms. The summed E-state index contributed by atoms with van der Waals surface area (Å²) in [6.45, 7) is 3.56. The van der Waals surface area contributed by atoms with E-state index in [0.29, 0.717) is 31.4 Å². The molecule has 0 bridgehead atoms. The van der Waals surface area contributed by atoms with Crippen molar-refractivity contribution in [2.75, 3.05) is 19.8 Å². The van der Waals surface area contributed by atoms with Crippen molar-refractivity contribution in [3.05, 3.63) is 17.5 Å². The number of carbonyl (C=O) groups is 1. The third-order valence-corrected chi connectivity index (χ3v) is 4.38. The summed E-state index contributed by atoms with van der Waals surface area (Å²) in [5.41, 5.74) is 1.48. The van der Waals surface area contributed by atoms with Crippen LogP contribution in [0.15, 0.2) is 6.07 Å². The number of esters is 1. The van der Waals surface area contributed by atoms with Crippen LogP contribution in [0, 0.1) is 0 Å². The minimum absolute atomic E-state index is 0.348. The highest BCUT2D eigenvalue weighted by Crippen LogP contribution is 2.42. The Kier molecular flexibility index (Phi) is 3.99. The molecule has 0 atom stereocenters. The number of ether oxygens (including phenoxy) is 3. The van der Waals surface area contributed by atoms with Gasteiger partial charge in [-0.05, 0) is 25.8 Å². The molecule has 1 saturated heterocycles. The number of hydrogen-bond acceptors (Lipinski definition) is 5. The summed E-state index contributed by atoms with van der Waals surface area (Å²) >= 11 is 0. The molecular formula is C15H22N2O4. The van der Waals surface area contributed by atoms with Crippen molar-refractivity contribution in [1.82, 2.24) is 9.78 Å². The first-order valence-corrected chi connectivity index (χ1v) is 7.62. The van der Waals surface area contributed by atoms with Gasteiger partial charge in [-0.15, -0.1) is 0 Å². The predicted molar refractivity (Wildman–Crippen MR) is 75.0 cm³/mol. The highest BCUT2D eigenvalue weighted by atomic mass is 16.7. The maximum absolute atomic E-state index is 11.8. The van der Waals surface area contributed by atoms with Gasteiger partial charge in [0.05, 0.1) is 19.8 Å². The summed E-state index contributed by atoms with van der Waals surface area (Å²) in [5, 5.41) is 4.27. The van der Waals surface area contributed by atoms with Crippen LogP contribution < -0.4 is 0 Å². The molecule has 3 rings (SSSR count). The van der Waals surface area contributed by atoms with Crippen molar-refractivity contribution in [2.24, 2.45) is 7.05 Å². The Labute approximate surface area is 124 Å². The molecule has 0 radical (unpaired) electrons. The normalized spacial score (nSPS) is 21.8. The van der Waals surface area contributed by atoms with E-state index >= 15 is 0 Å². The van der Waals surface area contributed by atoms with Crippen molar-refractivity contribution >= 4 is 5.97 Å². The lowest BCUT2D eigenvalue weighted by Crippen LogP contribution is -2.34. The second kappa shape index (κ2) is 5.77. The second-order valence-corrected chi connectivity index (χ2v) is 5.68. The maximum atomic E-state index is 11.8. The average molecular weight is 294 g/mol. The van der Waals surface area contributed by atoms with E-state index in [1.54, 1.807) is 11.6 Å². The standard InChI is InChI=1S/C15H22N2O4/c1-3-19-14(18)12-10-13(17(2)16-12)11-4-6-15(7-5-11)20-8-9-21-15/h10-11H,3-9H2,1-2H3. The molecule has 1 aliphatic carbocycles. The van der Waals surface area contributed by atoms with Gasteiger partial charge in [-0.2, -0.15) is 5.10 Å². The fourth-order valence-corrected chi connectivity index (χ4v) is 3.31. The molecular weight excluding hydrogens is 272 g/mol. The fourth-order valence-electron chi connectivity index (χ4n) is 3.31. The third-order valence-electron chi connectivity index (χ3n) is 4.38. The lowest BCUT2D eigenvalue weighted by molar-refractivity contribution is -0.179. The number of aromatic nitrogens is 2. The van der Waals surface area contributed by atoms with Crippen LogP contribution >= 0.6 is 0 Å². The summed E-state index contributed by atoms with van der Waals surface area (Å²) in [6, 6.07) is 1.86. The molecule has 2 heterocycles. The number of aryl methyl sites for hydroxylation is 1. The summed E-state index contributed by atoms with van der Waals surface area (Å²) in [5.74, 6) is -0.308. The van der Waals surface area contributed by atoms with Crippen LogP contribution in [-0.2, 0) is 21.3 Å². The van der Waals surface area contributed by atoms with E-state index in [1.807, 2.05) is 13.1 Å². The third kappa shape index (κ3) is 2.82. The van der Waals surface area contributed by atoms with E-state index < -0.39 is 0 Å². The Bertz CT molecular complexity index is 510. The summed E-state index contributed by atoms with van der Waals surface area (Å²) in [7, 11) is 1.88. The van der Waals surface area contributed by atoms with Crippen LogP contribution in [0.4, 0.5) is 0 Å². The van der Waals surface area contributed by atoms with Gasteiger partial charge in [-0.3, -0.25) is 4.68 Å². The first-order valence-electron chi connectivity index (χ1n) is 7.62. The van der Waals surface area contributed by atoms with Gasteiger partial charge < -0.3 is 14.2 Å². The van der Waals surface area contributed by atoms with Gasteiger partial charge in [0.15, 0.2) is 11.5 Å². The van der Waals surface area contributed by atoms with Gasteiger partial charge >= 0.3 is 5.97 Å². The molecule has 1 saturated carbocycles. The SMILES string of the molecule is CCOC(=O)c1cc(C2CCC3(CC2)OCCO3)n(C)n1. The highest BCUT2D eigenvalue weighted by molar-refractivity contribution is 5.87. The van der Waals surface area contributed by atoms with Crippen molar-refractivity contribution in [1.29, 1.82) is 0 Å². The van der Waals surface area contributed by atoms with Gasteiger partial charge in [0.1, 0.15) is 0 Å². The molecule has 1 aliphatic heterocycles. The highest BCUT2D eigenvalue weighted by Gasteiger charge is 2.41. The topological polar surface area (TPSA) is 62.6 Å². The van der Waals surface area contributed by atoms with Crippen LogP contribution in [0.1, 0.15) is 54.7 Å². The number of hydrogen-bond donors (Lipinski definition) is 0. The largest absolute Gasteiger partial charge is 0.461 e. The smallest absolute Gasteiger partial charge is 0.358 e. The summed E-state index contributed by atoms with van der Waals surface area (Å²) < 4.78 is 18.3. The van der Waals surface area contributed by atoms with Gasteiger partial charge in [0.25, 0.3) is 0 Å². The zero-order chi connectivity index (χ0) is 14.9.